The lowest BCUT2D eigenvalue weighted by Crippen LogP contribution is -2.37. The summed E-state index contributed by atoms with van der Waals surface area (Å²) >= 11 is 0. The third-order valence-corrected chi connectivity index (χ3v) is 3.56. The number of halogens is 1. The first-order valence-electron chi connectivity index (χ1n) is 6.39. The molecule has 4 nitrogen and oxygen atoms in total. The zero-order valence-electron chi connectivity index (χ0n) is 11.6. The minimum Gasteiger partial charge on any atom is -0.384 e. The van der Waals surface area contributed by atoms with E-state index in [1.165, 1.54) is 0 Å². The quantitative estimate of drug-likeness (QED) is 0.781. The van der Waals surface area contributed by atoms with Crippen LogP contribution in [0.5, 0.6) is 0 Å². The number of aliphatic hydroxyl groups is 1. The normalized spacial score (nSPS) is 28.5. The number of fused-ring (bicyclic) bond motifs is 2. The lowest BCUT2D eigenvalue weighted by atomic mass is 9.95. The molecule has 0 radical (unpaired) electrons. The number of aromatic nitrogens is 1. The largest absolute Gasteiger partial charge is 0.384 e. The standard InChI is InChI=1S/C14H20FN3O/c1-14(19)9-7-11(15)8-10-17(2)18(3)13-6-4-5-12(14)16-13/h4-6,8,19H,7,9-10H2,1-3H3/b11-8+. The van der Waals surface area contributed by atoms with Crippen molar-refractivity contribution in [2.45, 2.75) is 25.4 Å². The van der Waals surface area contributed by atoms with Crippen LogP contribution in [0.25, 0.3) is 0 Å². The number of rotatable bonds is 0. The highest BCUT2D eigenvalue weighted by Crippen LogP contribution is 2.28. The minimum absolute atomic E-state index is 0.199. The van der Waals surface area contributed by atoms with Gasteiger partial charge in [0.2, 0.25) is 0 Å². The second-order valence-corrected chi connectivity index (χ2v) is 5.17. The number of allylic oxidation sites excluding steroid dienone is 1. The Kier molecular flexibility index (Phi) is 3.87. The van der Waals surface area contributed by atoms with E-state index in [-0.39, 0.29) is 12.2 Å². The van der Waals surface area contributed by atoms with E-state index in [2.05, 4.69) is 4.98 Å². The first-order valence-corrected chi connectivity index (χ1v) is 6.39. The van der Waals surface area contributed by atoms with E-state index in [0.29, 0.717) is 18.7 Å². The summed E-state index contributed by atoms with van der Waals surface area (Å²) in [6.45, 7) is 2.14. The predicted molar refractivity (Wildman–Crippen MR) is 73.3 cm³/mol. The van der Waals surface area contributed by atoms with Gasteiger partial charge < -0.3 is 5.11 Å². The lowest BCUT2D eigenvalue weighted by molar-refractivity contribution is 0.0422. The van der Waals surface area contributed by atoms with Crippen molar-refractivity contribution in [1.82, 2.24) is 9.99 Å². The van der Waals surface area contributed by atoms with Crippen molar-refractivity contribution in [2.75, 3.05) is 25.6 Å². The van der Waals surface area contributed by atoms with Crippen molar-refractivity contribution in [2.24, 2.45) is 0 Å². The Bertz CT molecular complexity index is 487. The van der Waals surface area contributed by atoms with Gasteiger partial charge in [0.05, 0.1) is 11.5 Å². The van der Waals surface area contributed by atoms with Gasteiger partial charge in [0.25, 0.3) is 0 Å². The first kappa shape index (κ1) is 14.0. The van der Waals surface area contributed by atoms with Crippen LogP contribution in [0.4, 0.5) is 10.2 Å². The minimum atomic E-state index is -1.12. The number of nitrogens with zero attached hydrogens (tertiary/aromatic N) is 3. The summed E-state index contributed by atoms with van der Waals surface area (Å²) in [7, 11) is 3.73. The molecule has 5 heteroatoms. The van der Waals surface area contributed by atoms with Crippen LogP contribution in [0.2, 0.25) is 0 Å². The number of pyridine rings is 1. The molecule has 1 N–H and O–H groups in total. The number of anilines is 1. The molecule has 1 atom stereocenters. The Balaban J connectivity index is 2.43. The molecule has 0 fully saturated rings. The van der Waals surface area contributed by atoms with E-state index in [1.807, 2.05) is 36.2 Å². The first-order chi connectivity index (χ1) is 8.90. The van der Waals surface area contributed by atoms with E-state index in [1.54, 1.807) is 19.1 Å². The molecule has 0 aromatic carbocycles. The van der Waals surface area contributed by atoms with Crippen LogP contribution in [-0.2, 0) is 5.60 Å². The summed E-state index contributed by atoms with van der Waals surface area (Å²) in [5.74, 6) is 0.534. The van der Waals surface area contributed by atoms with Gasteiger partial charge in [-0.25, -0.2) is 14.4 Å². The molecular formula is C14H20FN3O. The van der Waals surface area contributed by atoms with Gasteiger partial charge in [-0.15, -0.1) is 0 Å². The van der Waals surface area contributed by atoms with Gasteiger partial charge in [0, 0.05) is 27.1 Å². The molecule has 104 valence electrons. The fraction of sp³-hybridized carbons (Fsp3) is 0.500. The van der Waals surface area contributed by atoms with Crippen LogP contribution in [0, 0.1) is 0 Å². The highest BCUT2D eigenvalue weighted by atomic mass is 19.1. The zero-order chi connectivity index (χ0) is 14.0. The van der Waals surface area contributed by atoms with Gasteiger partial charge in [0.15, 0.2) is 0 Å². The third kappa shape index (κ3) is 3.11. The van der Waals surface area contributed by atoms with Crippen LogP contribution in [-0.4, -0.2) is 35.7 Å². The fourth-order valence-electron chi connectivity index (χ4n) is 2.02. The SMILES string of the molecule is CN1C/C=C(/F)CCC(C)(O)c2cccc(n2)N1C. The van der Waals surface area contributed by atoms with Crippen LogP contribution in [0.15, 0.2) is 30.1 Å². The van der Waals surface area contributed by atoms with Crippen molar-refractivity contribution < 1.29 is 9.50 Å². The van der Waals surface area contributed by atoms with Crippen LogP contribution < -0.4 is 5.01 Å². The predicted octanol–water partition coefficient (Wildman–Crippen LogP) is 2.22. The van der Waals surface area contributed by atoms with Gasteiger partial charge in [-0.05, 0) is 31.6 Å². The number of likely N-dealkylation sites (N-methyl/N-ethyl adjacent to an activating group) is 1. The van der Waals surface area contributed by atoms with E-state index in [9.17, 15) is 9.50 Å². The van der Waals surface area contributed by atoms with Gasteiger partial charge in [-0.1, -0.05) is 6.07 Å². The smallest absolute Gasteiger partial charge is 0.143 e. The second kappa shape index (κ2) is 5.27. The molecule has 0 saturated heterocycles. The van der Waals surface area contributed by atoms with Crippen molar-refractivity contribution in [3.8, 4) is 0 Å². The monoisotopic (exact) mass is 265 g/mol. The molecule has 1 aliphatic rings. The van der Waals surface area contributed by atoms with Crippen molar-refractivity contribution in [1.29, 1.82) is 0 Å². The molecule has 0 saturated carbocycles. The number of hydrogen-bond donors (Lipinski definition) is 1. The van der Waals surface area contributed by atoms with Crippen LogP contribution in [0.1, 0.15) is 25.5 Å². The topological polar surface area (TPSA) is 39.6 Å². The maximum Gasteiger partial charge on any atom is 0.143 e. The molecule has 1 aromatic heterocycles. The Hall–Kier alpha value is -1.46. The average Bonchev–Trinajstić information content (AvgIpc) is 2.41. The van der Waals surface area contributed by atoms with Crippen molar-refractivity contribution in [3.05, 3.63) is 35.8 Å². The van der Waals surface area contributed by atoms with Gasteiger partial charge >= 0.3 is 0 Å². The zero-order valence-corrected chi connectivity index (χ0v) is 11.6. The highest BCUT2D eigenvalue weighted by molar-refractivity contribution is 5.38. The summed E-state index contributed by atoms with van der Waals surface area (Å²) in [5.41, 5.74) is -0.551. The molecule has 1 aliphatic heterocycles. The van der Waals surface area contributed by atoms with Gasteiger partial charge in [-0.3, -0.25) is 5.01 Å². The lowest BCUT2D eigenvalue weighted by Gasteiger charge is -2.29. The molecule has 0 amide bonds. The van der Waals surface area contributed by atoms with Gasteiger partial charge in [0.1, 0.15) is 11.4 Å². The van der Waals surface area contributed by atoms with Crippen molar-refractivity contribution >= 4 is 5.82 Å². The van der Waals surface area contributed by atoms with Gasteiger partial charge in [-0.2, -0.15) is 0 Å². The Morgan fingerprint density at radius 2 is 2.11 bits per heavy atom. The Labute approximate surface area is 113 Å². The maximum absolute atomic E-state index is 13.7. The summed E-state index contributed by atoms with van der Waals surface area (Å²) < 4.78 is 13.7. The second-order valence-electron chi connectivity index (χ2n) is 5.17. The Morgan fingerprint density at radius 3 is 2.84 bits per heavy atom. The molecule has 19 heavy (non-hydrogen) atoms. The average molecular weight is 265 g/mol. The summed E-state index contributed by atoms with van der Waals surface area (Å²) in [6, 6.07) is 5.50. The van der Waals surface area contributed by atoms with Crippen LogP contribution >= 0.6 is 0 Å². The third-order valence-electron chi connectivity index (χ3n) is 3.56. The van der Waals surface area contributed by atoms with E-state index >= 15 is 0 Å². The molecule has 1 aromatic rings. The number of hydrazine groups is 1. The highest BCUT2D eigenvalue weighted by Gasteiger charge is 2.26. The Morgan fingerprint density at radius 1 is 1.37 bits per heavy atom. The summed E-state index contributed by atoms with van der Waals surface area (Å²) in [5, 5.41) is 14.1. The molecule has 2 heterocycles. The number of hydrogen-bond acceptors (Lipinski definition) is 4. The van der Waals surface area contributed by atoms with Crippen molar-refractivity contribution in [3.63, 3.8) is 0 Å². The molecule has 1 unspecified atom stereocenters. The fourth-order valence-corrected chi connectivity index (χ4v) is 2.02. The molecule has 2 bridgehead atoms. The maximum atomic E-state index is 13.7. The molecule has 2 rings (SSSR count). The van der Waals surface area contributed by atoms with E-state index in [0.717, 1.165) is 5.82 Å². The molecule has 0 spiro atoms. The molecular weight excluding hydrogens is 245 g/mol. The summed E-state index contributed by atoms with van der Waals surface area (Å²) in [4.78, 5) is 4.47. The van der Waals surface area contributed by atoms with E-state index in [4.69, 9.17) is 0 Å². The van der Waals surface area contributed by atoms with E-state index < -0.39 is 5.60 Å². The van der Waals surface area contributed by atoms with Crippen LogP contribution in [0.3, 0.4) is 0 Å². The summed E-state index contributed by atoms with van der Waals surface area (Å²) in [6.07, 6.45) is 2.08. The molecule has 0 aliphatic carbocycles.